The molecule has 35 heavy (non-hydrogen) atoms. The number of benzene rings is 1. The number of aromatic nitrogens is 6. The van der Waals surface area contributed by atoms with E-state index in [9.17, 15) is 9.59 Å². The van der Waals surface area contributed by atoms with Crippen LogP contribution in [0, 0.1) is 6.92 Å². The van der Waals surface area contributed by atoms with Gasteiger partial charge in [-0.05, 0) is 30.7 Å². The third kappa shape index (κ3) is 3.72. The summed E-state index contributed by atoms with van der Waals surface area (Å²) >= 11 is 0. The van der Waals surface area contributed by atoms with Crippen molar-refractivity contribution >= 4 is 27.8 Å². The minimum Gasteiger partial charge on any atom is -0.481 e. The summed E-state index contributed by atoms with van der Waals surface area (Å²) in [6.45, 7) is 1.92. The molecule has 4 heterocycles. The number of aryl methyl sites for hydroxylation is 2. The predicted octanol–water partition coefficient (Wildman–Crippen LogP) is 2.54. The van der Waals surface area contributed by atoms with E-state index in [1.165, 1.54) is 4.90 Å². The van der Waals surface area contributed by atoms with Crippen LogP contribution >= 0.6 is 0 Å². The van der Waals surface area contributed by atoms with Crippen molar-refractivity contribution in [3.63, 3.8) is 0 Å². The molecule has 0 aliphatic rings. The van der Waals surface area contributed by atoms with Crippen LogP contribution in [0.2, 0.25) is 0 Å². The summed E-state index contributed by atoms with van der Waals surface area (Å²) in [6, 6.07) is 9.67. The number of amides is 1. The van der Waals surface area contributed by atoms with Gasteiger partial charge in [-0.3, -0.25) is 23.6 Å². The first-order chi connectivity index (χ1) is 16.8. The van der Waals surface area contributed by atoms with E-state index in [0.717, 1.165) is 27.5 Å². The van der Waals surface area contributed by atoms with Crippen molar-refractivity contribution in [2.45, 2.75) is 13.5 Å². The van der Waals surface area contributed by atoms with E-state index in [0.29, 0.717) is 22.8 Å². The maximum atomic E-state index is 13.4. The number of methoxy groups -OCH3 is 1. The minimum absolute atomic E-state index is 0.0864. The molecule has 10 nitrogen and oxygen atoms in total. The van der Waals surface area contributed by atoms with Crippen LogP contribution < -0.4 is 10.4 Å². The van der Waals surface area contributed by atoms with Gasteiger partial charge in [-0.1, -0.05) is 6.07 Å². The Morgan fingerprint density at radius 1 is 1.09 bits per heavy atom. The van der Waals surface area contributed by atoms with Crippen LogP contribution in [-0.4, -0.2) is 60.9 Å². The van der Waals surface area contributed by atoms with Crippen LogP contribution in [0.4, 0.5) is 0 Å². The average Bonchev–Trinajstić information content (AvgIpc) is 3.34. The molecular weight excluding hydrogens is 446 g/mol. The maximum absolute atomic E-state index is 13.4. The van der Waals surface area contributed by atoms with Crippen LogP contribution in [0.3, 0.4) is 0 Å². The molecule has 4 aromatic heterocycles. The molecule has 5 rings (SSSR count). The van der Waals surface area contributed by atoms with E-state index in [2.05, 4.69) is 15.1 Å². The van der Waals surface area contributed by atoms with Crippen LogP contribution in [0.15, 0.2) is 53.7 Å². The molecule has 0 atom stereocenters. The highest BCUT2D eigenvalue weighted by molar-refractivity contribution is 6.04. The van der Waals surface area contributed by atoms with Gasteiger partial charge in [0.25, 0.3) is 0 Å². The molecule has 0 fully saturated rings. The molecule has 0 saturated heterocycles. The number of imidazole rings is 1. The first-order valence-corrected chi connectivity index (χ1v) is 11.0. The lowest BCUT2D eigenvalue weighted by molar-refractivity contribution is -0.129. The zero-order chi connectivity index (χ0) is 24.9. The number of rotatable bonds is 5. The van der Waals surface area contributed by atoms with E-state index in [-0.39, 0.29) is 18.1 Å². The molecule has 0 saturated carbocycles. The Bertz CT molecular complexity index is 1640. The van der Waals surface area contributed by atoms with Crippen molar-refractivity contribution in [3.8, 4) is 22.7 Å². The molecule has 0 aliphatic carbocycles. The van der Waals surface area contributed by atoms with Gasteiger partial charge in [0.05, 0.1) is 47.4 Å². The van der Waals surface area contributed by atoms with Crippen molar-refractivity contribution < 1.29 is 9.53 Å². The van der Waals surface area contributed by atoms with Gasteiger partial charge >= 0.3 is 5.69 Å². The second-order valence-corrected chi connectivity index (χ2v) is 8.58. The van der Waals surface area contributed by atoms with Crippen molar-refractivity contribution in [1.82, 2.24) is 33.8 Å². The molecule has 1 aromatic carbocycles. The van der Waals surface area contributed by atoms with Gasteiger partial charge in [0.2, 0.25) is 11.8 Å². The van der Waals surface area contributed by atoms with Crippen molar-refractivity contribution in [3.05, 3.63) is 65.1 Å². The Hall–Kier alpha value is -4.47. The van der Waals surface area contributed by atoms with Gasteiger partial charge in [0.1, 0.15) is 6.54 Å². The Kier molecular flexibility index (Phi) is 5.35. The number of likely N-dealkylation sites (N-methyl/N-ethyl adjacent to an activating group) is 1. The number of ether oxygens (including phenoxy) is 1. The summed E-state index contributed by atoms with van der Waals surface area (Å²) in [6.07, 6.45) is 5.20. The third-order valence-corrected chi connectivity index (χ3v) is 6.12. The highest BCUT2D eigenvalue weighted by atomic mass is 16.5. The normalized spacial score (nSPS) is 11.3. The third-order valence-electron chi connectivity index (χ3n) is 6.12. The summed E-state index contributed by atoms with van der Waals surface area (Å²) in [5.74, 6) is 0.451. The minimum atomic E-state index is -0.215. The predicted molar refractivity (Wildman–Crippen MR) is 133 cm³/mol. The molecule has 10 heteroatoms. The number of fused-ring (bicyclic) bond motifs is 3. The quantitative estimate of drug-likeness (QED) is 0.391. The fourth-order valence-electron chi connectivity index (χ4n) is 4.16. The number of hydrogen-bond acceptors (Lipinski definition) is 6. The highest BCUT2D eigenvalue weighted by Gasteiger charge is 2.20. The molecule has 0 N–H and O–H groups in total. The first-order valence-electron chi connectivity index (χ1n) is 11.0. The Labute approximate surface area is 201 Å². The Balaban J connectivity index is 1.73. The van der Waals surface area contributed by atoms with Gasteiger partial charge in [0, 0.05) is 44.4 Å². The topological polar surface area (TPSA) is 100 Å². The van der Waals surface area contributed by atoms with Crippen molar-refractivity contribution in [2.24, 2.45) is 7.05 Å². The lowest BCUT2D eigenvalue weighted by Gasteiger charge is -2.09. The van der Waals surface area contributed by atoms with E-state index in [4.69, 9.17) is 4.74 Å². The smallest absolute Gasteiger partial charge is 0.333 e. The second kappa shape index (κ2) is 8.39. The summed E-state index contributed by atoms with van der Waals surface area (Å²) in [7, 11) is 6.70. The second-order valence-electron chi connectivity index (χ2n) is 8.58. The molecule has 1 amide bonds. The fourth-order valence-corrected chi connectivity index (χ4v) is 4.16. The van der Waals surface area contributed by atoms with E-state index in [1.54, 1.807) is 60.7 Å². The molecule has 0 aliphatic heterocycles. The molecule has 0 radical (unpaired) electrons. The number of carbonyl (C=O) groups is 1. The summed E-state index contributed by atoms with van der Waals surface area (Å²) in [4.78, 5) is 36.0. The highest BCUT2D eigenvalue weighted by Crippen LogP contribution is 2.30. The molecule has 178 valence electrons. The zero-order valence-corrected chi connectivity index (χ0v) is 20.2. The number of hydrogen-bond donors (Lipinski definition) is 0. The summed E-state index contributed by atoms with van der Waals surface area (Å²) < 4.78 is 9.96. The maximum Gasteiger partial charge on any atom is 0.333 e. The van der Waals surface area contributed by atoms with Crippen LogP contribution in [0.5, 0.6) is 5.88 Å². The largest absolute Gasteiger partial charge is 0.481 e. The molecule has 0 spiro atoms. The Morgan fingerprint density at radius 2 is 1.86 bits per heavy atom. The standard InChI is InChI=1S/C25H25N7O3/c1-15-21(13-31(28-15)14-23(33)29(2)3)32-24-18-10-16(17-7-9-22(35-5)27-11-17)6-8-19(18)26-12-20(24)30(4)25(32)34/h6-13H,14H2,1-5H3. The lowest BCUT2D eigenvalue weighted by Crippen LogP contribution is -2.26. The number of pyridine rings is 2. The van der Waals surface area contributed by atoms with Crippen molar-refractivity contribution in [1.29, 1.82) is 0 Å². The molecule has 0 unspecified atom stereocenters. The fraction of sp³-hybridized carbons (Fsp3) is 0.240. The summed E-state index contributed by atoms with van der Waals surface area (Å²) in [5.41, 5.74) is 5.09. The van der Waals surface area contributed by atoms with Crippen LogP contribution in [0.25, 0.3) is 38.8 Å². The average molecular weight is 472 g/mol. The molecule has 0 bridgehead atoms. The van der Waals surface area contributed by atoms with E-state index < -0.39 is 0 Å². The van der Waals surface area contributed by atoms with Crippen molar-refractivity contribution in [2.75, 3.05) is 21.2 Å². The first kappa shape index (κ1) is 22.3. The zero-order valence-electron chi connectivity index (χ0n) is 20.2. The molecular formula is C25H25N7O3. The molecule has 5 aromatic rings. The lowest BCUT2D eigenvalue weighted by atomic mass is 10.0. The van der Waals surface area contributed by atoms with E-state index in [1.807, 2.05) is 37.3 Å². The van der Waals surface area contributed by atoms with Gasteiger partial charge in [-0.15, -0.1) is 0 Å². The van der Waals surface area contributed by atoms with Crippen LogP contribution in [0.1, 0.15) is 5.69 Å². The van der Waals surface area contributed by atoms with Crippen LogP contribution in [-0.2, 0) is 18.4 Å². The summed E-state index contributed by atoms with van der Waals surface area (Å²) in [5, 5.41) is 5.32. The van der Waals surface area contributed by atoms with Gasteiger partial charge in [-0.25, -0.2) is 9.78 Å². The van der Waals surface area contributed by atoms with Gasteiger partial charge < -0.3 is 9.64 Å². The monoisotopic (exact) mass is 471 g/mol. The Morgan fingerprint density at radius 3 is 2.54 bits per heavy atom. The van der Waals surface area contributed by atoms with E-state index >= 15 is 0 Å². The number of carbonyl (C=O) groups excluding carboxylic acids is 1. The van der Waals surface area contributed by atoms with Gasteiger partial charge in [-0.2, -0.15) is 5.10 Å². The SMILES string of the molecule is COc1ccc(-c2ccc3ncc4c(c3c2)n(-c2cn(CC(=O)N(C)C)nc2C)c(=O)n4C)cn1. The number of nitrogens with zero attached hydrogens (tertiary/aromatic N) is 7. The van der Waals surface area contributed by atoms with Gasteiger partial charge in [0.15, 0.2) is 0 Å².